The van der Waals surface area contributed by atoms with Crippen LogP contribution in [-0.2, 0) is 18.3 Å². The van der Waals surface area contributed by atoms with E-state index in [-0.39, 0.29) is 0 Å². The van der Waals surface area contributed by atoms with E-state index in [1.807, 2.05) is 21.1 Å². The predicted molar refractivity (Wildman–Crippen MR) is 78.7 cm³/mol. The molecule has 2 heterocycles. The van der Waals surface area contributed by atoms with Gasteiger partial charge in [0.25, 0.3) is 0 Å². The summed E-state index contributed by atoms with van der Waals surface area (Å²) in [6, 6.07) is 0.309. The van der Waals surface area contributed by atoms with Crippen LogP contribution < -0.4 is 5.32 Å². The number of ether oxygens (including phenoxy) is 1. The zero-order valence-electron chi connectivity index (χ0n) is 12.7. The van der Waals surface area contributed by atoms with Gasteiger partial charge in [0.15, 0.2) is 5.65 Å². The second kappa shape index (κ2) is 6.15. The predicted octanol–water partition coefficient (Wildman–Crippen LogP) is 0.872. The first-order valence-electron chi connectivity index (χ1n) is 6.62. The number of anilines is 1. The minimum absolute atomic E-state index is 0.309. The molecular weight excluding hydrogens is 256 g/mol. The number of hydrogen-bond donors (Lipinski definition) is 1. The van der Waals surface area contributed by atoms with Gasteiger partial charge in [0.05, 0.1) is 24.7 Å². The fraction of sp³-hybridized carbons (Fsp3) is 0.615. The third-order valence-electron chi connectivity index (χ3n) is 3.43. The summed E-state index contributed by atoms with van der Waals surface area (Å²) in [5, 5.41) is 8.27. The highest BCUT2D eigenvalue weighted by atomic mass is 16.5. The molecule has 1 unspecified atom stereocenters. The summed E-state index contributed by atoms with van der Waals surface area (Å²) >= 11 is 0. The van der Waals surface area contributed by atoms with Crippen molar-refractivity contribution in [3.63, 3.8) is 0 Å². The lowest BCUT2D eigenvalue weighted by atomic mass is 10.3. The smallest absolute Gasteiger partial charge is 0.163 e. The number of aryl methyl sites for hydroxylation is 1. The summed E-state index contributed by atoms with van der Waals surface area (Å²) < 4.78 is 6.94. The molecule has 0 spiro atoms. The molecule has 0 fully saturated rings. The highest BCUT2D eigenvalue weighted by Gasteiger charge is 2.14. The normalized spacial score (nSPS) is 13.1. The number of nitrogens with zero attached hydrogens (tertiary/aromatic N) is 5. The van der Waals surface area contributed by atoms with Crippen molar-refractivity contribution in [3.8, 4) is 0 Å². The Hall–Kier alpha value is -1.73. The van der Waals surface area contributed by atoms with E-state index in [1.165, 1.54) is 0 Å². The van der Waals surface area contributed by atoms with Crippen LogP contribution in [0.2, 0.25) is 0 Å². The minimum atomic E-state index is 0.309. The summed E-state index contributed by atoms with van der Waals surface area (Å²) in [6.07, 6.45) is 1.78. The molecule has 7 heteroatoms. The average Bonchev–Trinajstić information content (AvgIpc) is 2.80. The molecule has 2 aromatic heterocycles. The maximum absolute atomic E-state index is 5.18. The summed E-state index contributed by atoms with van der Waals surface area (Å²) in [5.74, 6) is 1.58. The molecule has 110 valence electrons. The van der Waals surface area contributed by atoms with Crippen molar-refractivity contribution in [1.29, 1.82) is 0 Å². The van der Waals surface area contributed by atoms with E-state index in [0.717, 1.165) is 22.7 Å². The van der Waals surface area contributed by atoms with Gasteiger partial charge < -0.3 is 10.1 Å². The number of methoxy groups -OCH3 is 1. The van der Waals surface area contributed by atoms with E-state index < -0.39 is 0 Å². The van der Waals surface area contributed by atoms with Crippen LogP contribution in [0.5, 0.6) is 0 Å². The lowest BCUT2D eigenvalue weighted by molar-refractivity contribution is 0.110. The van der Waals surface area contributed by atoms with Gasteiger partial charge in [0.2, 0.25) is 0 Å². The van der Waals surface area contributed by atoms with Crippen molar-refractivity contribution < 1.29 is 4.74 Å². The molecule has 0 bridgehead atoms. The third kappa shape index (κ3) is 2.88. The quantitative estimate of drug-likeness (QED) is 0.845. The first-order chi connectivity index (χ1) is 9.56. The van der Waals surface area contributed by atoms with Gasteiger partial charge in [-0.2, -0.15) is 5.10 Å². The van der Waals surface area contributed by atoms with E-state index in [0.29, 0.717) is 19.2 Å². The molecule has 0 saturated carbocycles. The highest BCUT2D eigenvalue weighted by Crippen LogP contribution is 2.19. The zero-order valence-corrected chi connectivity index (χ0v) is 12.7. The molecule has 0 radical (unpaired) electrons. The van der Waals surface area contributed by atoms with E-state index in [4.69, 9.17) is 4.74 Å². The van der Waals surface area contributed by atoms with Crippen LogP contribution in [0.25, 0.3) is 11.0 Å². The van der Waals surface area contributed by atoms with Crippen molar-refractivity contribution in [2.24, 2.45) is 7.05 Å². The van der Waals surface area contributed by atoms with E-state index in [1.54, 1.807) is 18.0 Å². The number of aromatic nitrogens is 4. The molecule has 0 aliphatic carbocycles. The fourth-order valence-electron chi connectivity index (χ4n) is 2.08. The van der Waals surface area contributed by atoms with E-state index >= 15 is 0 Å². The second-order valence-electron chi connectivity index (χ2n) is 4.96. The van der Waals surface area contributed by atoms with Crippen molar-refractivity contribution in [2.75, 3.05) is 33.1 Å². The van der Waals surface area contributed by atoms with Crippen molar-refractivity contribution >= 4 is 16.9 Å². The second-order valence-corrected chi connectivity index (χ2v) is 4.96. The molecule has 0 aliphatic rings. The molecule has 7 nitrogen and oxygen atoms in total. The summed E-state index contributed by atoms with van der Waals surface area (Å²) in [7, 11) is 7.49. The van der Waals surface area contributed by atoms with Gasteiger partial charge >= 0.3 is 0 Å². The Balaban J connectivity index is 2.28. The molecule has 2 aromatic rings. The van der Waals surface area contributed by atoms with Gasteiger partial charge in [-0.15, -0.1) is 0 Å². The van der Waals surface area contributed by atoms with Crippen LogP contribution in [0.1, 0.15) is 12.7 Å². The Morgan fingerprint density at radius 2 is 2.20 bits per heavy atom. The van der Waals surface area contributed by atoms with Crippen molar-refractivity contribution in [3.05, 3.63) is 12.0 Å². The molecule has 0 aromatic carbocycles. The average molecular weight is 278 g/mol. The Labute approximate surface area is 119 Å². The Kier molecular flexibility index (Phi) is 4.51. The van der Waals surface area contributed by atoms with Crippen LogP contribution in [0.3, 0.4) is 0 Å². The molecule has 2 rings (SSSR count). The van der Waals surface area contributed by atoms with Gasteiger partial charge in [-0.1, -0.05) is 0 Å². The summed E-state index contributed by atoms with van der Waals surface area (Å²) in [4.78, 5) is 11.3. The minimum Gasteiger partial charge on any atom is -0.383 e. The molecule has 1 atom stereocenters. The van der Waals surface area contributed by atoms with Crippen LogP contribution in [0.15, 0.2) is 6.20 Å². The first-order valence-corrected chi connectivity index (χ1v) is 6.62. The number of nitrogens with one attached hydrogen (secondary N) is 1. The number of rotatable bonds is 6. The van der Waals surface area contributed by atoms with Gasteiger partial charge in [-0.3, -0.25) is 9.58 Å². The number of likely N-dealkylation sites (N-methyl/N-ethyl adjacent to an activating group) is 1. The van der Waals surface area contributed by atoms with Gasteiger partial charge in [-0.25, -0.2) is 9.97 Å². The van der Waals surface area contributed by atoms with Crippen LogP contribution >= 0.6 is 0 Å². The van der Waals surface area contributed by atoms with Crippen molar-refractivity contribution in [1.82, 2.24) is 24.6 Å². The monoisotopic (exact) mass is 278 g/mol. The molecule has 1 N–H and O–H groups in total. The van der Waals surface area contributed by atoms with Crippen molar-refractivity contribution in [2.45, 2.75) is 19.5 Å². The number of fused-ring (bicyclic) bond motifs is 1. The first kappa shape index (κ1) is 14.7. The molecule has 20 heavy (non-hydrogen) atoms. The van der Waals surface area contributed by atoms with Gasteiger partial charge in [0, 0.05) is 27.2 Å². The fourth-order valence-corrected chi connectivity index (χ4v) is 2.08. The molecule has 0 aliphatic heterocycles. The largest absolute Gasteiger partial charge is 0.383 e. The lowest BCUT2D eigenvalue weighted by Crippen LogP contribution is -2.32. The van der Waals surface area contributed by atoms with Gasteiger partial charge in [0.1, 0.15) is 11.6 Å². The third-order valence-corrected chi connectivity index (χ3v) is 3.43. The van der Waals surface area contributed by atoms with Crippen LogP contribution in [0.4, 0.5) is 5.82 Å². The summed E-state index contributed by atoms with van der Waals surface area (Å²) in [6.45, 7) is 3.47. The molecular formula is C13H22N6O. The Morgan fingerprint density at radius 1 is 1.45 bits per heavy atom. The topological polar surface area (TPSA) is 68.1 Å². The van der Waals surface area contributed by atoms with E-state index in [9.17, 15) is 0 Å². The maximum Gasteiger partial charge on any atom is 0.163 e. The van der Waals surface area contributed by atoms with Gasteiger partial charge in [-0.05, 0) is 14.0 Å². The molecule has 0 amide bonds. The zero-order chi connectivity index (χ0) is 14.7. The Bertz CT molecular complexity index is 581. The number of hydrogen-bond acceptors (Lipinski definition) is 6. The highest BCUT2D eigenvalue weighted by molar-refractivity contribution is 5.86. The SMILES string of the molecule is CNc1nc(CN(C)C(C)COC)nc2c1cnn2C. The maximum atomic E-state index is 5.18. The van der Waals surface area contributed by atoms with Crippen LogP contribution in [-0.4, -0.2) is 58.5 Å². The summed E-state index contributed by atoms with van der Waals surface area (Å²) in [5.41, 5.74) is 0.840. The lowest BCUT2D eigenvalue weighted by Gasteiger charge is -2.23. The standard InChI is InChI=1S/C13H22N6O/c1-9(8-20-5)18(3)7-11-16-12(14-2)10-6-15-19(4)13(10)17-11/h6,9H,7-8H2,1-5H3,(H,14,16,17). The van der Waals surface area contributed by atoms with Crippen LogP contribution in [0, 0.1) is 0 Å². The molecule has 0 saturated heterocycles. The van der Waals surface area contributed by atoms with E-state index in [2.05, 4.69) is 32.2 Å². The Morgan fingerprint density at radius 3 is 2.85 bits per heavy atom.